The van der Waals surface area contributed by atoms with Crippen LogP contribution in [-0.2, 0) is 9.59 Å². The highest BCUT2D eigenvalue weighted by Gasteiger charge is 2.14. The number of aromatic nitrogens is 2. The Labute approximate surface area is 250 Å². The molecule has 0 unspecified atom stereocenters. The lowest BCUT2D eigenvalue weighted by molar-refractivity contribution is -0.117. The summed E-state index contributed by atoms with van der Waals surface area (Å²) in [5, 5.41) is 10.5. The lowest BCUT2D eigenvalue weighted by atomic mass is 10.1. The molecular weight excluding hydrogens is 634 g/mol. The minimum Gasteiger partial charge on any atom is -0.302 e. The first-order chi connectivity index (χ1) is 17.8. The number of thiazole rings is 2. The van der Waals surface area contributed by atoms with Gasteiger partial charge in [-0.1, -0.05) is 65.7 Å². The van der Waals surface area contributed by atoms with Crippen molar-refractivity contribution in [1.82, 2.24) is 9.97 Å². The molecule has 14 heteroatoms. The molecule has 0 fully saturated rings. The summed E-state index contributed by atoms with van der Waals surface area (Å²) in [6.45, 7) is 0. The van der Waals surface area contributed by atoms with Gasteiger partial charge in [-0.15, -0.1) is 45.3 Å². The number of carbonyl (C=O) groups is 2. The van der Waals surface area contributed by atoms with Gasteiger partial charge in [0.15, 0.2) is 10.3 Å². The predicted molar refractivity (Wildman–Crippen MR) is 160 cm³/mol. The van der Waals surface area contributed by atoms with Crippen LogP contribution in [0.15, 0.2) is 22.9 Å². The lowest BCUT2D eigenvalue weighted by Crippen LogP contribution is -2.11. The summed E-state index contributed by atoms with van der Waals surface area (Å²) >= 11 is 29.6. The summed E-state index contributed by atoms with van der Waals surface area (Å²) in [7, 11) is 0. The van der Waals surface area contributed by atoms with Crippen molar-refractivity contribution in [3.63, 3.8) is 0 Å². The number of rotatable bonds is 12. The summed E-state index contributed by atoms with van der Waals surface area (Å²) < 4.78 is 2.35. The summed E-state index contributed by atoms with van der Waals surface area (Å²) in [6, 6.07) is 3.54. The van der Waals surface area contributed by atoms with E-state index in [1.807, 2.05) is 10.8 Å². The van der Waals surface area contributed by atoms with E-state index < -0.39 is 0 Å². The van der Waals surface area contributed by atoms with Gasteiger partial charge >= 0.3 is 0 Å². The van der Waals surface area contributed by atoms with Crippen LogP contribution in [0.5, 0.6) is 0 Å². The minimum atomic E-state index is -0.0662. The van der Waals surface area contributed by atoms with Gasteiger partial charge in [-0.3, -0.25) is 9.59 Å². The average Bonchev–Trinajstić information content (AvgIpc) is 3.61. The summed E-state index contributed by atoms with van der Waals surface area (Å²) in [5.41, 5.74) is 2.94. The third-order valence-corrected chi connectivity index (χ3v) is 9.66. The Morgan fingerprint density at radius 2 is 1.08 bits per heavy atom. The Hall–Kier alpha value is -1.24. The lowest BCUT2D eigenvalue weighted by Gasteiger charge is -2.03. The monoisotopic (exact) mass is 652 g/mol. The van der Waals surface area contributed by atoms with E-state index in [0.29, 0.717) is 51.8 Å². The molecule has 0 radical (unpaired) electrons. The van der Waals surface area contributed by atoms with Crippen LogP contribution in [0.25, 0.3) is 22.5 Å². The van der Waals surface area contributed by atoms with Gasteiger partial charge in [0.1, 0.15) is 8.67 Å². The van der Waals surface area contributed by atoms with Gasteiger partial charge in [-0.2, -0.15) is 0 Å². The fourth-order valence-electron chi connectivity index (χ4n) is 3.40. The summed E-state index contributed by atoms with van der Waals surface area (Å²) in [5.74, 6) is -0.132. The standard InChI is InChI=1S/C23H20Cl4N4O2S4/c24-16-8-12(20(26)36-16)14-10-34-22(28-14)30-18(32)6-4-2-1-3-5-7-19(33)31-23-29-15(11-35-23)13-9-17(25)37-21(13)27/h8-11H,1-7H2,(H,28,30,32)(H,29,31,33). The zero-order valence-corrected chi connectivity index (χ0v) is 25.4. The van der Waals surface area contributed by atoms with Gasteiger partial charge in [0, 0.05) is 34.7 Å². The molecule has 6 nitrogen and oxygen atoms in total. The molecule has 0 aliphatic heterocycles. The SMILES string of the molecule is O=C(CCCCCCCC(=O)Nc1nc(-c2cc(Cl)sc2Cl)cs1)Nc1nc(-c2cc(Cl)sc2Cl)cs1. The van der Waals surface area contributed by atoms with Crippen LogP contribution < -0.4 is 10.6 Å². The van der Waals surface area contributed by atoms with Crippen LogP contribution in [0.2, 0.25) is 17.3 Å². The molecule has 196 valence electrons. The van der Waals surface area contributed by atoms with Crippen molar-refractivity contribution in [3.05, 3.63) is 40.2 Å². The molecule has 2 N–H and O–H groups in total. The predicted octanol–water partition coefficient (Wildman–Crippen LogP) is 9.98. The van der Waals surface area contributed by atoms with E-state index in [-0.39, 0.29) is 11.8 Å². The Kier molecular flexibility index (Phi) is 10.7. The fraction of sp³-hybridized carbons (Fsp3) is 0.304. The highest BCUT2D eigenvalue weighted by atomic mass is 35.5. The fourth-order valence-corrected chi connectivity index (χ4v) is 7.82. The van der Waals surface area contributed by atoms with Gasteiger partial charge in [0.2, 0.25) is 11.8 Å². The largest absolute Gasteiger partial charge is 0.302 e. The van der Waals surface area contributed by atoms with Crippen molar-refractivity contribution in [2.75, 3.05) is 10.6 Å². The Morgan fingerprint density at radius 3 is 1.46 bits per heavy atom. The molecule has 4 heterocycles. The van der Waals surface area contributed by atoms with Crippen molar-refractivity contribution in [1.29, 1.82) is 0 Å². The molecule has 0 spiro atoms. The van der Waals surface area contributed by atoms with E-state index in [9.17, 15) is 9.59 Å². The number of amides is 2. The van der Waals surface area contributed by atoms with Crippen LogP contribution in [0.3, 0.4) is 0 Å². The number of nitrogens with one attached hydrogen (secondary N) is 2. The second-order valence-corrected chi connectivity index (χ2v) is 14.2. The van der Waals surface area contributed by atoms with E-state index in [0.717, 1.165) is 43.2 Å². The Bertz CT molecular complexity index is 1280. The van der Waals surface area contributed by atoms with Crippen molar-refractivity contribution in [3.8, 4) is 22.5 Å². The van der Waals surface area contributed by atoms with Crippen molar-refractivity contribution < 1.29 is 9.59 Å². The smallest absolute Gasteiger partial charge is 0.226 e. The molecule has 0 saturated heterocycles. The molecule has 4 aromatic heterocycles. The average molecular weight is 655 g/mol. The van der Waals surface area contributed by atoms with Crippen LogP contribution in [0.1, 0.15) is 44.9 Å². The van der Waals surface area contributed by atoms with Gasteiger partial charge in [-0.05, 0) is 25.0 Å². The quantitative estimate of drug-likeness (QED) is 0.149. The zero-order chi connectivity index (χ0) is 26.4. The van der Waals surface area contributed by atoms with E-state index >= 15 is 0 Å². The van der Waals surface area contributed by atoms with E-state index in [1.165, 1.54) is 45.3 Å². The molecule has 4 rings (SSSR count). The zero-order valence-electron chi connectivity index (χ0n) is 19.1. The van der Waals surface area contributed by atoms with Crippen molar-refractivity contribution >= 4 is 114 Å². The summed E-state index contributed by atoms with van der Waals surface area (Å²) in [4.78, 5) is 33.3. The maximum atomic E-state index is 12.2. The first-order valence-corrected chi connectivity index (χ1v) is 16.1. The number of thiophene rings is 2. The number of hydrogen-bond acceptors (Lipinski definition) is 8. The first-order valence-electron chi connectivity index (χ1n) is 11.2. The number of carbonyl (C=O) groups excluding carboxylic acids is 2. The maximum absolute atomic E-state index is 12.2. The molecule has 0 saturated carbocycles. The second-order valence-electron chi connectivity index (χ2n) is 7.92. The highest BCUT2D eigenvalue weighted by molar-refractivity contribution is 7.21. The maximum Gasteiger partial charge on any atom is 0.226 e. The normalized spacial score (nSPS) is 11.1. The van der Waals surface area contributed by atoms with Gasteiger partial charge in [0.05, 0.1) is 20.1 Å². The van der Waals surface area contributed by atoms with Crippen LogP contribution >= 0.6 is 91.8 Å². The van der Waals surface area contributed by atoms with Gasteiger partial charge in [0.25, 0.3) is 0 Å². The number of anilines is 2. The third-order valence-electron chi connectivity index (χ3n) is 5.17. The number of nitrogens with zero attached hydrogens (tertiary/aromatic N) is 2. The summed E-state index contributed by atoms with van der Waals surface area (Å²) in [6.07, 6.45) is 5.19. The molecule has 4 aromatic rings. The Morgan fingerprint density at radius 1 is 0.676 bits per heavy atom. The van der Waals surface area contributed by atoms with Crippen LogP contribution in [-0.4, -0.2) is 21.8 Å². The molecule has 0 aliphatic rings. The topological polar surface area (TPSA) is 84.0 Å². The molecule has 0 bridgehead atoms. The van der Waals surface area contributed by atoms with E-state index in [2.05, 4.69) is 20.6 Å². The van der Waals surface area contributed by atoms with Gasteiger partial charge in [-0.25, -0.2) is 9.97 Å². The van der Waals surface area contributed by atoms with Crippen molar-refractivity contribution in [2.24, 2.45) is 0 Å². The molecule has 0 aliphatic carbocycles. The van der Waals surface area contributed by atoms with Crippen LogP contribution in [0.4, 0.5) is 10.3 Å². The number of hydrogen-bond donors (Lipinski definition) is 2. The van der Waals surface area contributed by atoms with Crippen molar-refractivity contribution in [2.45, 2.75) is 44.9 Å². The number of halogens is 4. The molecule has 0 aromatic carbocycles. The van der Waals surface area contributed by atoms with Gasteiger partial charge < -0.3 is 10.6 Å². The molecule has 2 amide bonds. The van der Waals surface area contributed by atoms with Crippen LogP contribution in [0, 0.1) is 0 Å². The molecule has 37 heavy (non-hydrogen) atoms. The third kappa shape index (κ3) is 8.37. The number of unbranched alkanes of at least 4 members (excludes halogenated alkanes) is 4. The van der Waals surface area contributed by atoms with E-state index in [4.69, 9.17) is 46.4 Å². The second kappa shape index (κ2) is 13.7. The molecule has 0 atom stereocenters. The first kappa shape index (κ1) is 28.8. The molecular formula is C23H20Cl4N4O2S4. The van der Waals surface area contributed by atoms with E-state index in [1.54, 1.807) is 12.1 Å². The minimum absolute atomic E-state index is 0.0662. The Balaban J connectivity index is 1.08. The highest BCUT2D eigenvalue weighted by Crippen LogP contribution is 2.40.